The number of quaternary nitrogens is 1. The van der Waals surface area contributed by atoms with E-state index in [1.54, 1.807) is 0 Å². The number of hydrogen-bond donors (Lipinski definition) is 1. The number of carbonyl (C=O) groups is 2. The van der Waals surface area contributed by atoms with Gasteiger partial charge in [0, 0.05) is 12.8 Å². The third-order valence-corrected chi connectivity index (χ3v) is 11.2. The summed E-state index contributed by atoms with van der Waals surface area (Å²) in [5.41, 5.74) is 0. The van der Waals surface area contributed by atoms with Gasteiger partial charge in [-0.15, -0.1) is 0 Å². The summed E-state index contributed by atoms with van der Waals surface area (Å²) >= 11 is 0. The van der Waals surface area contributed by atoms with Gasteiger partial charge in [0.25, 0.3) is 0 Å². The van der Waals surface area contributed by atoms with Gasteiger partial charge in [-0.1, -0.05) is 184 Å². The van der Waals surface area contributed by atoms with Gasteiger partial charge in [0.1, 0.15) is 19.8 Å². The van der Waals surface area contributed by atoms with Crippen LogP contribution in [0.15, 0.2) is 170 Å². The molecule has 0 aliphatic rings. The van der Waals surface area contributed by atoms with Gasteiger partial charge in [-0.05, 0) is 128 Å². The lowest BCUT2D eigenvalue weighted by atomic mass is 10.1. The van der Waals surface area contributed by atoms with Crippen LogP contribution >= 0.6 is 7.82 Å². The zero-order valence-corrected chi connectivity index (χ0v) is 46.2. The Morgan fingerprint density at radius 2 is 0.736 bits per heavy atom. The van der Waals surface area contributed by atoms with Gasteiger partial charge in [-0.2, -0.15) is 0 Å². The van der Waals surface area contributed by atoms with Crippen molar-refractivity contribution in [2.75, 3.05) is 47.5 Å². The van der Waals surface area contributed by atoms with Crippen LogP contribution in [0.25, 0.3) is 0 Å². The molecule has 0 aromatic rings. The number of phosphoric ester groups is 1. The van der Waals surface area contributed by atoms with Crippen LogP contribution in [0.4, 0.5) is 0 Å². The van der Waals surface area contributed by atoms with Crippen LogP contribution in [-0.4, -0.2) is 74.9 Å². The van der Waals surface area contributed by atoms with E-state index in [1.807, 2.05) is 21.1 Å². The van der Waals surface area contributed by atoms with Gasteiger partial charge in [-0.25, -0.2) is 4.57 Å². The Labute approximate surface area is 438 Å². The second kappa shape index (κ2) is 51.3. The maximum Gasteiger partial charge on any atom is 0.472 e. The molecule has 0 fully saturated rings. The third kappa shape index (κ3) is 54.7. The van der Waals surface area contributed by atoms with Crippen LogP contribution < -0.4 is 0 Å². The molecule has 0 amide bonds. The molecule has 0 saturated carbocycles. The molecule has 0 saturated heterocycles. The first kappa shape index (κ1) is 67.4. The maximum atomic E-state index is 12.8. The van der Waals surface area contributed by atoms with Crippen molar-refractivity contribution in [1.82, 2.24) is 0 Å². The lowest BCUT2D eigenvalue weighted by Crippen LogP contribution is -2.37. The second-order valence-corrected chi connectivity index (χ2v) is 19.6. The highest BCUT2D eigenvalue weighted by Crippen LogP contribution is 2.43. The molecule has 2 unspecified atom stereocenters. The molecule has 0 bridgehead atoms. The minimum atomic E-state index is -4.42. The number of ether oxygens (including phenoxy) is 2. The van der Waals surface area contributed by atoms with Gasteiger partial charge in [0.2, 0.25) is 0 Å². The van der Waals surface area contributed by atoms with Gasteiger partial charge >= 0.3 is 19.8 Å². The van der Waals surface area contributed by atoms with Crippen molar-refractivity contribution < 1.29 is 42.1 Å². The van der Waals surface area contributed by atoms with Crippen LogP contribution in [0.2, 0.25) is 0 Å². The fraction of sp³-hybridized carbons (Fsp3) is 0.516. The summed E-state index contributed by atoms with van der Waals surface area (Å²) in [6.07, 6.45) is 78.5. The highest BCUT2D eigenvalue weighted by atomic mass is 31.2. The predicted molar refractivity (Wildman–Crippen MR) is 306 cm³/mol. The average Bonchev–Trinajstić information content (AvgIpc) is 3.34. The van der Waals surface area contributed by atoms with E-state index in [0.717, 1.165) is 116 Å². The number of rotatable bonds is 46. The van der Waals surface area contributed by atoms with Crippen molar-refractivity contribution in [2.24, 2.45) is 0 Å². The van der Waals surface area contributed by atoms with E-state index in [1.165, 1.54) is 0 Å². The van der Waals surface area contributed by atoms with Gasteiger partial charge in [-0.3, -0.25) is 18.6 Å². The number of allylic oxidation sites excluding steroid dienone is 28. The minimum absolute atomic E-state index is 0.00431. The van der Waals surface area contributed by atoms with Gasteiger partial charge in [0.15, 0.2) is 6.10 Å². The van der Waals surface area contributed by atoms with Crippen molar-refractivity contribution >= 4 is 19.8 Å². The molecule has 0 aliphatic carbocycles. The highest BCUT2D eigenvalue weighted by Gasteiger charge is 2.27. The number of unbranched alkanes of at least 4 members (excludes halogenated alkanes) is 4. The molecule has 72 heavy (non-hydrogen) atoms. The van der Waals surface area contributed by atoms with E-state index in [4.69, 9.17) is 18.5 Å². The zero-order valence-electron chi connectivity index (χ0n) is 45.3. The molecule has 0 spiro atoms. The summed E-state index contributed by atoms with van der Waals surface area (Å²) in [6.45, 7) is 4.06. The molecule has 0 rings (SSSR count). The first-order chi connectivity index (χ1) is 35.0. The Morgan fingerprint density at radius 1 is 0.431 bits per heavy atom. The summed E-state index contributed by atoms with van der Waals surface area (Å²) in [5, 5.41) is 0. The van der Waals surface area contributed by atoms with E-state index in [2.05, 4.69) is 184 Å². The Morgan fingerprint density at radius 3 is 1.06 bits per heavy atom. The first-order valence-electron chi connectivity index (χ1n) is 26.9. The monoisotopic (exact) mass is 1010 g/mol. The smallest absolute Gasteiger partial charge is 0.462 e. The zero-order chi connectivity index (χ0) is 52.7. The largest absolute Gasteiger partial charge is 0.472 e. The second-order valence-electron chi connectivity index (χ2n) is 18.1. The molecule has 1 N–H and O–H groups in total. The Kier molecular flexibility index (Phi) is 48.0. The van der Waals surface area contributed by atoms with E-state index in [9.17, 15) is 19.0 Å². The third-order valence-electron chi connectivity index (χ3n) is 10.2. The summed E-state index contributed by atoms with van der Waals surface area (Å²) < 4.78 is 34.4. The molecular weight excluding hydrogens is 918 g/mol. The normalized spacial score (nSPS) is 14.7. The van der Waals surface area contributed by atoms with Crippen molar-refractivity contribution in [3.8, 4) is 0 Å². The number of esters is 2. The Bertz CT molecular complexity index is 1810. The summed E-state index contributed by atoms with van der Waals surface area (Å²) in [7, 11) is 1.39. The molecule has 0 aromatic heterocycles. The van der Waals surface area contributed by atoms with E-state index in [0.29, 0.717) is 23.9 Å². The maximum absolute atomic E-state index is 12.8. The number of hydrogen-bond acceptors (Lipinski definition) is 7. The minimum Gasteiger partial charge on any atom is -0.462 e. The average molecular weight is 1020 g/mol. The Balaban J connectivity index is 4.46. The van der Waals surface area contributed by atoms with Crippen molar-refractivity contribution in [2.45, 2.75) is 161 Å². The van der Waals surface area contributed by atoms with Crippen LogP contribution in [0.5, 0.6) is 0 Å². The van der Waals surface area contributed by atoms with Gasteiger partial charge in [0.05, 0.1) is 27.7 Å². The summed E-state index contributed by atoms with van der Waals surface area (Å²) in [4.78, 5) is 35.6. The fourth-order valence-electron chi connectivity index (χ4n) is 6.15. The molecule has 0 heterocycles. The molecule has 0 aliphatic heterocycles. The molecular formula is C62H97NO8P+. The lowest BCUT2D eigenvalue weighted by molar-refractivity contribution is -0.870. The van der Waals surface area contributed by atoms with E-state index >= 15 is 0 Å². The SMILES string of the molecule is CC/C=C\C/C=C\C/C=C\C/C=C\C/C=C\C/C=C\C/C=C\C/C=C\CCCCC(=O)OC(COC(=O)CCCC/C=C\C/C=C\C/C=C\C/C=C\C/C=C\C/C=C\CC)COP(=O)(O)OCC[N+](C)(C)C. The fourth-order valence-corrected chi connectivity index (χ4v) is 6.89. The van der Waals surface area contributed by atoms with Crippen LogP contribution in [0, 0.1) is 0 Å². The Hall–Kier alpha value is -4.63. The van der Waals surface area contributed by atoms with Crippen molar-refractivity contribution in [1.29, 1.82) is 0 Å². The number of nitrogens with zero attached hydrogens (tertiary/aromatic N) is 1. The molecule has 402 valence electrons. The van der Waals surface area contributed by atoms with Crippen LogP contribution in [0.3, 0.4) is 0 Å². The first-order valence-corrected chi connectivity index (χ1v) is 28.4. The van der Waals surface area contributed by atoms with Crippen LogP contribution in [0.1, 0.15) is 155 Å². The topological polar surface area (TPSA) is 108 Å². The highest BCUT2D eigenvalue weighted by molar-refractivity contribution is 7.47. The van der Waals surface area contributed by atoms with E-state index in [-0.39, 0.29) is 26.1 Å². The molecule has 2 atom stereocenters. The lowest BCUT2D eigenvalue weighted by Gasteiger charge is -2.24. The van der Waals surface area contributed by atoms with E-state index < -0.39 is 32.5 Å². The molecule has 9 nitrogen and oxygen atoms in total. The van der Waals surface area contributed by atoms with Gasteiger partial charge < -0.3 is 18.9 Å². The quantitative estimate of drug-likeness (QED) is 0.0211. The van der Waals surface area contributed by atoms with Crippen molar-refractivity contribution in [3.05, 3.63) is 170 Å². The number of likely N-dealkylation sites (N-methyl/N-ethyl adjacent to an activating group) is 1. The standard InChI is InChI=1S/C62H96NO8P/c1-6-8-10-12-14-16-18-20-22-24-26-28-29-30-31-32-33-35-37-39-41-43-45-47-49-51-53-55-62(65)71-60(59-70-72(66,67)69-57-56-63(3,4)5)58-68-61(64)54-52-50-48-46-44-42-40-38-36-34-27-25-23-21-19-17-15-13-11-9-7-2/h8-11,14-17,20-23,26-28,30-31,33-35,38-41,44-47,60H,6-7,12-13,18-19,24-25,29,32,36-37,42-43,48-59H2,1-5H3/p+1/b10-8-,11-9-,16-14-,17-15-,22-20-,23-21-,28-26-,31-30-,34-27-,35-33-,40-38-,41-39-,46-44-,47-45-. The number of carbonyl (C=O) groups excluding carboxylic acids is 2. The van der Waals surface area contributed by atoms with Crippen molar-refractivity contribution in [3.63, 3.8) is 0 Å². The summed E-state index contributed by atoms with van der Waals surface area (Å²) in [6, 6.07) is 0. The molecule has 0 aromatic carbocycles. The predicted octanol–water partition coefficient (Wildman–Crippen LogP) is 16.7. The summed E-state index contributed by atoms with van der Waals surface area (Å²) in [5.74, 6) is -0.920. The van der Waals surface area contributed by atoms with Crippen LogP contribution in [-0.2, 0) is 32.7 Å². The molecule has 0 radical (unpaired) electrons. The molecule has 10 heteroatoms. The number of phosphoric acid groups is 1.